The highest BCUT2D eigenvalue weighted by Gasteiger charge is 2.16. The summed E-state index contributed by atoms with van der Waals surface area (Å²) in [6, 6.07) is 11.2. The molecule has 0 spiro atoms. The number of anilines is 2. The van der Waals surface area contributed by atoms with Gasteiger partial charge in [-0.25, -0.2) is 0 Å². The Kier molecular flexibility index (Phi) is 5.18. The summed E-state index contributed by atoms with van der Waals surface area (Å²) in [5.74, 6) is -1.35. The van der Waals surface area contributed by atoms with E-state index in [0.717, 1.165) is 20.3 Å². The molecule has 0 aliphatic heterocycles. The Morgan fingerprint density at radius 1 is 0.864 bits per heavy atom. The number of carbonyl (C=O) groups is 2. The van der Waals surface area contributed by atoms with Gasteiger partial charge in [0.2, 0.25) is 0 Å². The standard InChI is InChI=1S/C17H17IN2O2/c1-10-5-4-6-15(12(10)3)20-17(22)16(21)19-14-8-7-13(18)9-11(14)2/h4-9H,1-3H3,(H,19,21)(H,20,22). The number of carbonyl (C=O) groups excluding carboxylic acids is 2. The number of halogens is 1. The highest BCUT2D eigenvalue weighted by atomic mass is 127. The van der Waals surface area contributed by atoms with E-state index >= 15 is 0 Å². The van der Waals surface area contributed by atoms with Gasteiger partial charge < -0.3 is 10.6 Å². The summed E-state index contributed by atoms with van der Waals surface area (Å²) in [6.45, 7) is 5.76. The van der Waals surface area contributed by atoms with Crippen LogP contribution in [0.15, 0.2) is 36.4 Å². The summed E-state index contributed by atoms with van der Waals surface area (Å²) < 4.78 is 1.08. The van der Waals surface area contributed by atoms with Crippen molar-refractivity contribution in [1.82, 2.24) is 0 Å². The van der Waals surface area contributed by atoms with Gasteiger partial charge in [-0.1, -0.05) is 12.1 Å². The number of rotatable bonds is 2. The second-order valence-corrected chi connectivity index (χ2v) is 6.36. The fraction of sp³-hybridized carbons (Fsp3) is 0.176. The lowest BCUT2D eigenvalue weighted by Crippen LogP contribution is -2.29. The Morgan fingerprint density at radius 3 is 2.14 bits per heavy atom. The molecular weight excluding hydrogens is 391 g/mol. The van der Waals surface area contributed by atoms with Crippen LogP contribution >= 0.6 is 22.6 Å². The molecule has 0 aliphatic rings. The van der Waals surface area contributed by atoms with Crippen LogP contribution in [0.4, 0.5) is 11.4 Å². The quantitative estimate of drug-likeness (QED) is 0.587. The lowest BCUT2D eigenvalue weighted by Gasteiger charge is -2.11. The lowest BCUT2D eigenvalue weighted by atomic mass is 10.1. The van der Waals surface area contributed by atoms with Gasteiger partial charge in [0, 0.05) is 14.9 Å². The Bertz CT molecular complexity index is 741. The van der Waals surface area contributed by atoms with Crippen molar-refractivity contribution in [2.75, 3.05) is 10.6 Å². The third kappa shape index (κ3) is 3.85. The number of benzene rings is 2. The fourth-order valence-electron chi connectivity index (χ4n) is 2.01. The minimum Gasteiger partial charge on any atom is -0.318 e. The van der Waals surface area contributed by atoms with E-state index in [4.69, 9.17) is 0 Å². The zero-order valence-corrected chi connectivity index (χ0v) is 14.8. The molecule has 0 fully saturated rings. The Labute approximate surface area is 143 Å². The molecule has 0 aliphatic carbocycles. The molecule has 0 aromatic heterocycles. The molecule has 2 aromatic rings. The zero-order chi connectivity index (χ0) is 16.3. The second-order valence-electron chi connectivity index (χ2n) is 5.11. The maximum absolute atomic E-state index is 12.0. The first kappa shape index (κ1) is 16.5. The second kappa shape index (κ2) is 6.91. The highest BCUT2D eigenvalue weighted by Crippen LogP contribution is 2.19. The van der Waals surface area contributed by atoms with E-state index in [2.05, 4.69) is 33.2 Å². The third-order valence-corrected chi connectivity index (χ3v) is 4.17. The predicted octanol–water partition coefficient (Wildman–Crippen LogP) is 3.79. The average molecular weight is 408 g/mol. The SMILES string of the molecule is Cc1cc(I)ccc1NC(=O)C(=O)Nc1cccc(C)c1C. The van der Waals surface area contributed by atoms with Crippen molar-refractivity contribution in [3.05, 3.63) is 56.7 Å². The van der Waals surface area contributed by atoms with E-state index in [1.165, 1.54) is 0 Å². The summed E-state index contributed by atoms with van der Waals surface area (Å²) >= 11 is 2.20. The molecule has 114 valence electrons. The Balaban J connectivity index is 2.09. The molecule has 0 atom stereocenters. The average Bonchev–Trinajstić information content (AvgIpc) is 2.46. The monoisotopic (exact) mass is 408 g/mol. The van der Waals surface area contributed by atoms with Crippen LogP contribution in [0, 0.1) is 24.3 Å². The molecule has 0 unspecified atom stereocenters. The van der Waals surface area contributed by atoms with Crippen LogP contribution in [0.25, 0.3) is 0 Å². The van der Waals surface area contributed by atoms with Gasteiger partial charge >= 0.3 is 11.8 Å². The van der Waals surface area contributed by atoms with Crippen LogP contribution in [0.1, 0.15) is 16.7 Å². The molecule has 2 N–H and O–H groups in total. The summed E-state index contributed by atoms with van der Waals surface area (Å²) in [4.78, 5) is 24.1. The number of nitrogens with one attached hydrogen (secondary N) is 2. The topological polar surface area (TPSA) is 58.2 Å². The van der Waals surface area contributed by atoms with Crippen molar-refractivity contribution in [1.29, 1.82) is 0 Å². The van der Waals surface area contributed by atoms with Crippen molar-refractivity contribution in [3.8, 4) is 0 Å². The molecule has 5 heteroatoms. The molecule has 2 aromatic carbocycles. The normalized spacial score (nSPS) is 10.2. The van der Waals surface area contributed by atoms with Crippen molar-refractivity contribution in [3.63, 3.8) is 0 Å². The van der Waals surface area contributed by atoms with Gasteiger partial charge in [0.25, 0.3) is 0 Å². The number of aryl methyl sites for hydroxylation is 2. The summed E-state index contributed by atoms with van der Waals surface area (Å²) in [6.07, 6.45) is 0. The molecule has 0 saturated carbocycles. The summed E-state index contributed by atoms with van der Waals surface area (Å²) in [5, 5.41) is 5.29. The first-order valence-corrected chi connectivity index (χ1v) is 7.91. The largest absolute Gasteiger partial charge is 0.318 e. The molecule has 4 nitrogen and oxygen atoms in total. The van der Waals surface area contributed by atoms with Gasteiger partial charge in [-0.2, -0.15) is 0 Å². The van der Waals surface area contributed by atoms with E-state index in [1.54, 1.807) is 12.1 Å². The van der Waals surface area contributed by atoms with Crippen LogP contribution < -0.4 is 10.6 Å². The van der Waals surface area contributed by atoms with Gasteiger partial charge in [0.15, 0.2) is 0 Å². The molecule has 0 bridgehead atoms. The van der Waals surface area contributed by atoms with Gasteiger partial charge in [-0.3, -0.25) is 9.59 Å². The zero-order valence-electron chi connectivity index (χ0n) is 12.7. The van der Waals surface area contributed by atoms with E-state index in [9.17, 15) is 9.59 Å². The van der Waals surface area contributed by atoms with Crippen LogP contribution in [-0.2, 0) is 9.59 Å². The van der Waals surface area contributed by atoms with E-state index in [-0.39, 0.29) is 0 Å². The van der Waals surface area contributed by atoms with Crippen molar-refractivity contribution in [2.24, 2.45) is 0 Å². The number of hydrogen-bond donors (Lipinski definition) is 2. The summed E-state index contributed by atoms with van der Waals surface area (Å²) in [5.41, 5.74) is 4.22. The minimum absolute atomic E-state index is 0.640. The van der Waals surface area contributed by atoms with Gasteiger partial charge in [-0.05, 0) is 84.3 Å². The van der Waals surface area contributed by atoms with Crippen LogP contribution in [0.2, 0.25) is 0 Å². The number of hydrogen-bond acceptors (Lipinski definition) is 2. The fourth-order valence-corrected chi connectivity index (χ4v) is 2.66. The maximum Gasteiger partial charge on any atom is 0.314 e. The van der Waals surface area contributed by atoms with E-state index < -0.39 is 11.8 Å². The predicted molar refractivity (Wildman–Crippen MR) is 97.1 cm³/mol. The molecule has 0 saturated heterocycles. The first-order valence-electron chi connectivity index (χ1n) is 6.83. The van der Waals surface area contributed by atoms with Crippen molar-refractivity contribution in [2.45, 2.75) is 20.8 Å². The van der Waals surface area contributed by atoms with Crippen LogP contribution in [0.5, 0.6) is 0 Å². The van der Waals surface area contributed by atoms with Gasteiger partial charge in [0.05, 0.1) is 0 Å². The first-order chi connectivity index (χ1) is 10.4. The molecule has 2 rings (SSSR count). The molecule has 0 heterocycles. The van der Waals surface area contributed by atoms with E-state index in [1.807, 2.05) is 45.0 Å². The van der Waals surface area contributed by atoms with Gasteiger partial charge in [0.1, 0.15) is 0 Å². The van der Waals surface area contributed by atoms with Crippen LogP contribution in [-0.4, -0.2) is 11.8 Å². The molecule has 0 radical (unpaired) electrons. The molecule has 2 amide bonds. The molecular formula is C17H17IN2O2. The van der Waals surface area contributed by atoms with Crippen LogP contribution in [0.3, 0.4) is 0 Å². The minimum atomic E-state index is -0.676. The third-order valence-electron chi connectivity index (χ3n) is 3.50. The maximum atomic E-state index is 12.0. The summed E-state index contributed by atoms with van der Waals surface area (Å²) in [7, 11) is 0. The van der Waals surface area contributed by atoms with Crippen molar-refractivity contribution >= 4 is 45.8 Å². The Hall–Kier alpha value is -1.89. The van der Waals surface area contributed by atoms with Crippen molar-refractivity contribution < 1.29 is 9.59 Å². The molecule has 22 heavy (non-hydrogen) atoms. The number of amides is 2. The van der Waals surface area contributed by atoms with E-state index in [0.29, 0.717) is 11.4 Å². The lowest BCUT2D eigenvalue weighted by molar-refractivity contribution is -0.133. The van der Waals surface area contributed by atoms with Gasteiger partial charge in [-0.15, -0.1) is 0 Å². The highest BCUT2D eigenvalue weighted by molar-refractivity contribution is 14.1. The smallest absolute Gasteiger partial charge is 0.314 e. The Morgan fingerprint density at radius 2 is 1.50 bits per heavy atom.